The Balaban J connectivity index is 1.82. The van der Waals surface area contributed by atoms with Crippen LogP contribution in [0.3, 0.4) is 0 Å². The molecule has 0 bridgehead atoms. The predicted molar refractivity (Wildman–Crippen MR) is 99.3 cm³/mol. The molecular weight excluding hydrogens is 304 g/mol. The van der Waals surface area contributed by atoms with Gasteiger partial charge in [0, 0.05) is 24.7 Å². The van der Waals surface area contributed by atoms with Crippen LogP contribution in [-0.4, -0.2) is 24.5 Å². The molecule has 0 saturated heterocycles. The highest BCUT2D eigenvalue weighted by atomic mass is 32.1. The average molecular weight is 331 g/mol. The first-order chi connectivity index (χ1) is 11.1. The molecule has 124 valence electrons. The Morgan fingerprint density at radius 2 is 2.17 bits per heavy atom. The van der Waals surface area contributed by atoms with Gasteiger partial charge in [-0.1, -0.05) is 43.7 Å². The van der Waals surface area contributed by atoms with E-state index >= 15 is 0 Å². The highest BCUT2D eigenvalue weighted by Gasteiger charge is 2.07. The van der Waals surface area contributed by atoms with Gasteiger partial charge in [-0.25, -0.2) is 4.98 Å². The van der Waals surface area contributed by atoms with Crippen LogP contribution in [0.25, 0.3) is 0 Å². The third-order valence-electron chi connectivity index (χ3n) is 3.77. The Labute approximate surface area is 143 Å². The van der Waals surface area contributed by atoms with Gasteiger partial charge in [0.2, 0.25) is 0 Å². The third kappa shape index (κ3) is 5.36. The Bertz CT molecular complexity index is 648. The number of aliphatic imine (C=N–C) groups is 1. The standard InChI is InChI=1S/C18H26N4S/c1-5-16-11-20-17(23-16)12-22-18(19-4)21-10-14(3)15-8-6-7-13(2)9-15/h6-9,11,14H,5,10,12H2,1-4H3,(H2,19,21,22). The van der Waals surface area contributed by atoms with Crippen molar-refractivity contribution < 1.29 is 0 Å². The van der Waals surface area contributed by atoms with Gasteiger partial charge in [0.25, 0.3) is 0 Å². The number of hydrogen-bond acceptors (Lipinski definition) is 3. The van der Waals surface area contributed by atoms with E-state index in [9.17, 15) is 0 Å². The highest BCUT2D eigenvalue weighted by molar-refractivity contribution is 7.11. The molecule has 2 N–H and O–H groups in total. The fourth-order valence-electron chi connectivity index (χ4n) is 2.32. The molecule has 4 nitrogen and oxygen atoms in total. The van der Waals surface area contributed by atoms with Gasteiger partial charge in [-0.3, -0.25) is 4.99 Å². The second-order valence-corrected chi connectivity index (χ2v) is 6.90. The Kier molecular flexibility index (Phi) is 6.59. The smallest absolute Gasteiger partial charge is 0.191 e. The second-order valence-electron chi connectivity index (χ2n) is 5.70. The number of aromatic nitrogens is 1. The van der Waals surface area contributed by atoms with E-state index in [1.54, 1.807) is 18.4 Å². The van der Waals surface area contributed by atoms with Crippen LogP contribution in [0.5, 0.6) is 0 Å². The minimum atomic E-state index is 0.431. The van der Waals surface area contributed by atoms with Crippen molar-refractivity contribution in [3.05, 3.63) is 51.5 Å². The van der Waals surface area contributed by atoms with Gasteiger partial charge in [-0.2, -0.15) is 0 Å². The molecule has 2 rings (SSSR count). The second kappa shape index (κ2) is 8.67. The zero-order valence-electron chi connectivity index (χ0n) is 14.4. The highest BCUT2D eigenvalue weighted by Crippen LogP contribution is 2.15. The molecule has 0 saturated carbocycles. The lowest BCUT2D eigenvalue weighted by atomic mass is 9.99. The van der Waals surface area contributed by atoms with Gasteiger partial charge in [0.05, 0.1) is 6.54 Å². The number of benzene rings is 1. The molecule has 0 aliphatic heterocycles. The van der Waals surface area contributed by atoms with Crippen LogP contribution in [-0.2, 0) is 13.0 Å². The van der Waals surface area contributed by atoms with Crippen LogP contribution < -0.4 is 10.6 Å². The quantitative estimate of drug-likeness (QED) is 0.630. The van der Waals surface area contributed by atoms with Crippen LogP contribution in [0.15, 0.2) is 35.5 Å². The van der Waals surface area contributed by atoms with E-state index in [1.807, 2.05) is 6.20 Å². The van der Waals surface area contributed by atoms with Gasteiger partial charge in [-0.05, 0) is 24.8 Å². The summed E-state index contributed by atoms with van der Waals surface area (Å²) in [6.45, 7) is 8.06. The van der Waals surface area contributed by atoms with E-state index < -0.39 is 0 Å². The summed E-state index contributed by atoms with van der Waals surface area (Å²) in [5.74, 6) is 1.25. The van der Waals surface area contributed by atoms with E-state index in [0.29, 0.717) is 12.5 Å². The summed E-state index contributed by atoms with van der Waals surface area (Å²) in [4.78, 5) is 10.0. The number of nitrogens with zero attached hydrogens (tertiary/aromatic N) is 2. The summed E-state index contributed by atoms with van der Waals surface area (Å²) in [6, 6.07) is 8.66. The lowest BCUT2D eigenvalue weighted by molar-refractivity contribution is 0.698. The normalized spacial score (nSPS) is 13.0. The maximum Gasteiger partial charge on any atom is 0.191 e. The molecule has 2 aromatic rings. The van der Waals surface area contributed by atoms with Crippen LogP contribution >= 0.6 is 11.3 Å². The molecule has 0 amide bonds. The van der Waals surface area contributed by atoms with Gasteiger partial charge in [0.15, 0.2) is 5.96 Å². The fourth-order valence-corrected chi connectivity index (χ4v) is 3.12. The van der Waals surface area contributed by atoms with E-state index in [1.165, 1.54) is 16.0 Å². The van der Waals surface area contributed by atoms with E-state index in [2.05, 4.69) is 65.6 Å². The molecule has 1 unspecified atom stereocenters. The first-order valence-electron chi connectivity index (χ1n) is 8.07. The molecule has 0 aliphatic rings. The molecule has 23 heavy (non-hydrogen) atoms. The summed E-state index contributed by atoms with van der Waals surface area (Å²) in [6.07, 6.45) is 3.00. The van der Waals surface area contributed by atoms with Gasteiger partial charge < -0.3 is 10.6 Å². The van der Waals surface area contributed by atoms with Crippen molar-refractivity contribution >= 4 is 17.3 Å². The summed E-state index contributed by atoms with van der Waals surface area (Å²) >= 11 is 1.75. The predicted octanol–water partition coefficient (Wildman–Crippen LogP) is 3.48. The Hall–Kier alpha value is -1.88. The van der Waals surface area contributed by atoms with E-state index in [-0.39, 0.29) is 0 Å². The molecule has 0 aliphatic carbocycles. The summed E-state index contributed by atoms with van der Waals surface area (Å²) in [5, 5.41) is 7.82. The van der Waals surface area contributed by atoms with Crippen molar-refractivity contribution in [3.63, 3.8) is 0 Å². The van der Waals surface area contributed by atoms with Crippen molar-refractivity contribution in [1.29, 1.82) is 0 Å². The Morgan fingerprint density at radius 3 is 2.83 bits per heavy atom. The number of thiazole rings is 1. The van der Waals surface area contributed by atoms with Crippen molar-refractivity contribution in [2.45, 2.75) is 39.7 Å². The van der Waals surface area contributed by atoms with E-state index in [0.717, 1.165) is 23.9 Å². The number of nitrogens with one attached hydrogen (secondary N) is 2. The molecule has 5 heteroatoms. The van der Waals surface area contributed by atoms with Crippen molar-refractivity contribution in [2.24, 2.45) is 4.99 Å². The molecule has 0 spiro atoms. The molecule has 1 aromatic carbocycles. The van der Waals surface area contributed by atoms with Gasteiger partial charge in [-0.15, -0.1) is 11.3 Å². The molecule has 0 radical (unpaired) electrons. The molecule has 0 fully saturated rings. The number of hydrogen-bond donors (Lipinski definition) is 2. The Morgan fingerprint density at radius 1 is 1.35 bits per heavy atom. The van der Waals surface area contributed by atoms with Crippen molar-refractivity contribution in [1.82, 2.24) is 15.6 Å². The number of rotatable bonds is 6. The molecule has 1 heterocycles. The zero-order chi connectivity index (χ0) is 16.7. The molecule has 1 atom stereocenters. The topological polar surface area (TPSA) is 49.3 Å². The summed E-state index contributed by atoms with van der Waals surface area (Å²) in [5.41, 5.74) is 2.65. The maximum atomic E-state index is 4.42. The van der Waals surface area contributed by atoms with E-state index in [4.69, 9.17) is 0 Å². The third-order valence-corrected chi connectivity index (χ3v) is 4.91. The SMILES string of the molecule is CCc1cnc(CNC(=NC)NCC(C)c2cccc(C)c2)s1. The monoisotopic (exact) mass is 330 g/mol. The van der Waals surface area contributed by atoms with Crippen molar-refractivity contribution in [2.75, 3.05) is 13.6 Å². The first kappa shape index (κ1) is 17.5. The minimum absolute atomic E-state index is 0.431. The first-order valence-corrected chi connectivity index (χ1v) is 8.88. The molecule has 1 aromatic heterocycles. The minimum Gasteiger partial charge on any atom is -0.356 e. The number of guanidine groups is 1. The largest absolute Gasteiger partial charge is 0.356 e. The molecular formula is C18H26N4S. The van der Waals surface area contributed by atoms with Crippen LogP contribution in [0.4, 0.5) is 0 Å². The summed E-state index contributed by atoms with van der Waals surface area (Å²) in [7, 11) is 1.80. The lowest BCUT2D eigenvalue weighted by Gasteiger charge is -2.16. The van der Waals surface area contributed by atoms with Gasteiger partial charge in [0.1, 0.15) is 5.01 Å². The zero-order valence-corrected chi connectivity index (χ0v) is 15.2. The van der Waals surface area contributed by atoms with Crippen LogP contribution in [0.1, 0.15) is 40.8 Å². The maximum absolute atomic E-state index is 4.42. The van der Waals surface area contributed by atoms with Crippen LogP contribution in [0, 0.1) is 6.92 Å². The lowest BCUT2D eigenvalue weighted by Crippen LogP contribution is -2.38. The van der Waals surface area contributed by atoms with Crippen molar-refractivity contribution in [3.8, 4) is 0 Å². The van der Waals surface area contributed by atoms with Crippen LogP contribution in [0.2, 0.25) is 0 Å². The average Bonchev–Trinajstić information content (AvgIpc) is 3.03. The summed E-state index contributed by atoms with van der Waals surface area (Å²) < 4.78 is 0. The number of aryl methyl sites for hydroxylation is 2. The fraction of sp³-hybridized carbons (Fsp3) is 0.444. The van der Waals surface area contributed by atoms with Gasteiger partial charge >= 0.3 is 0 Å².